The number of rotatable bonds is 5. The molecule has 0 bridgehead atoms. The maximum Gasteiger partial charge on any atom is 0.326 e. The van der Waals surface area contributed by atoms with Gasteiger partial charge in [0.25, 0.3) is 0 Å². The summed E-state index contributed by atoms with van der Waals surface area (Å²) in [4.78, 5) is 27.8. The van der Waals surface area contributed by atoms with Gasteiger partial charge in [-0.05, 0) is 44.2 Å². The highest BCUT2D eigenvalue weighted by atomic mass is 32.2. The average molecular weight is 315 g/mol. The van der Waals surface area contributed by atoms with Crippen LogP contribution in [0.1, 0.15) is 25.7 Å². The third kappa shape index (κ3) is 4.51. The number of nitrogens with one attached hydrogen (secondary N) is 1. The van der Waals surface area contributed by atoms with Gasteiger partial charge in [-0.25, -0.2) is 9.59 Å². The second-order valence-electron chi connectivity index (χ2n) is 5.75. The first-order chi connectivity index (χ1) is 10.1. The molecule has 0 spiro atoms. The summed E-state index contributed by atoms with van der Waals surface area (Å²) in [5.41, 5.74) is 0. The largest absolute Gasteiger partial charge is 0.480 e. The van der Waals surface area contributed by atoms with Crippen molar-refractivity contribution in [1.82, 2.24) is 15.1 Å². The zero-order valence-corrected chi connectivity index (χ0v) is 13.4. The van der Waals surface area contributed by atoms with Gasteiger partial charge in [-0.3, -0.25) is 4.90 Å². The average Bonchev–Trinajstić information content (AvgIpc) is 2.79. The van der Waals surface area contributed by atoms with E-state index in [-0.39, 0.29) is 6.03 Å². The van der Waals surface area contributed by atoms with Gasteiger partial charge in [0.2, 0.25) is 0 Å². The number of hydrogen-bond donors (Lipinski definition) is 2. The van der Waals surface area contributed by atoms with Crippen LogP contribution in [0.25, 0.3) is 0 Å². The first kappa shape index (κ1) is 16.4. The number of hydrogen-bond acceptors (Lipinski definition) is 4. The third-order valence-electron chi connectivity index (χ3n) is 4.30. The van der Waals surface area contributed by atoms with Crippen molar-refractivity contribution in [3.05, 3.63) is 0 Å². The summed E-state index contributed by atoms with van der Waals surface area (Å²) in [6, 6.07) is -0.558. The molecule has 0 aromatic heterocycles. The molecule has 2 heterocycles. The standard InChI is InChI=1S/C14H25N3O3S/c1-21-9-5-12(13(18)19)15-14(20)17-8-3-7-16-6-2-4-11(16)10-17/h11-12H,2-10H2,1H3,(H,15,20)(H,18,19)/t11?,12-/m1/s1. The Balaban J connectivity index is 1.90. The molecule has 2 amide bonds. The Morgan fingerprint density at radius 2 is 2.10 bits per heavy atom. The van der Waals surface area contributed by atoms with Crippen molar-refractivity contribution in [1.29, 1.82) is 0 Å². The molecule has 2 N–H and O–H groups in total. The number of carbonyl (C=O) groups is 2. The van der Waals surface area contributed by atoms with Crippen LogP contribution in [0.3, 0.4) is 0 Å². The fraction of sp³-hybridized carbons (Fsp3) is 0.857. The van der Waals surface area contributed by atoms with Gasteiger partial charge in [0.1, 0.15) is 6.04 Å². The van der Waals surface area contributed by atoms with Crippen LogP contribution >= 0.6 is 11.8 Å². The van der Waals surface area contributed by atoms with Crippen molar-refractivity contribution in [3.63, 3.8) is 0 Å². The highest BCUT2D eigenvalue weighted by Crippen LogP contribution is 2.21. The molecule has 2 aliphatic heterocycles. The van der Waals surface area contributed by atoms with Crippen LogP contribution < -0.4 is 5.32 Å². The number of nitrogens with zero attached hydrogens (tertiary/aromatic N) is 2. The van der Waals surface area contributed by atoms with Gasteiger partial charge < -0.3 is 15.3 Å². The number of carboxylic acids is 1. The van der Waals surface area contributed by atoms with Gasteiger partial charge in [0.05, 0.1) is 0 Å². The third-order valence-corrected chi connectivity index (χ3v) is 4.94. The van der Waals surface area contributed by atoms with Crippen molar-refractivity contribution in [3.8, 4) is 0 Å². The number of amides is 2. The number of carboxylic acid groups (broad SMARTS) is 1. The Labute approximate surface area is 130 Å². The molecule has 0 aromatic rings. The molecule has 2 aliphatic rings. The maximum absolute atomic E-state index is 12.3. The maximum atomic E-state index is 12.3. The Morgan fingerprint density at radius 3 is 2.81 bits per heavy atom. The Bertz CT molecular complexity index is 380. The molecule has 0 aromatic carbocycles. The van der Waals surface area contributed by atoms with Crippen LogP contribution in [-0.2, 0) is 4.79 Å². The van der Waals surface area contributed by atoms with E-state index >= 15 is 0 Å². The minimum atomic E-state index is -0.949. The molecule has 7 heteroatoms. The van der Waals surface area contributed by atoms with E-state index in [2.05, 4.69) is 10.2 Å². The van der Waals surface area contributed by atoms with Crippen molar-refractivity contribution >= 4 is 23.8 Å². The van der Waals surface area contributed by atoms with Gasteiger partial charge in [0, 0.05) is 25.7 Å². The number of urea groups is 1. The number of aliphatic carboxylic acids is 1. The van der Waals surface area contributed by atoms with Crippen LogP contribution in [0.5, 0.6) is 0 Å². The van der Waals surface area contributed by atoms with Gasteiger partial charge in [-0.1, -0.05) is 0 Å². The predicted molar refractivity (Wildman–Crippen MR) is 83.7 cm³/mol. The minimum absolute atomic E-state index is 0.225. The van der Waals surface area contributed by atoms with Crippen LogP contribution in [0, 0.1) is 0 Å². The summed E-state index contributed by atoms with van der Waals surface area (Å²) < 4.78 is 0. The van der Waals surface area contributed by atoms with E-state index in [1.807, 2.05) is 6.26 Å². The van der Waals surface area contributed by atoms with Gasteiger partial charge in [0.15, 0.2) is 0 Å². The molecular formula is C14H25N3O3S. The van der Waals surface area contributed by atoms with E-state index in [9.17, 15) is 14.7 Å². The summed E-state index contributed by atoms with van der Waals surface area (Å²) in [7, 11) is 0. The summed E-state index contributed by atoms with van der Waals surface area (Å²) in [5.74, 6) is -0.220. The first-order valence-corrected chi connectivity index (χ1v) is 9.02. The van der Waals surface area contributed by atoms with E-state index in [1.54, 1.807) is 16.7 Å². The van der Waals surface area contributed by atoms with Crippen molar-refractivity contribution in [2.24, 2.45) is 0 Å². The highest BCUT2D eigenvalue weighted by Gasteiger charge is 2.31. The van der Waals surface area contributed by atoms with E-state index < -0.39 is 12.0 Å². The van der Waals surface area contributed by atoms with E-state index in [1.165, 1.54) is 6.42 Å². The Hall–Kier alpha value is -0.950. The Morgan fingerprint density at radius 1 is 1.33 bits per heavy atom. The molecule has 2 atom stereocenters. The van der Waals surface area contributed by atoms with Gasteiger partial charge in [-0.2, -0.15) is 11.8 Å². The van der Waals surface area contributed by atoms with Crippen LogP contribution in [0.15, 0.2) is 0 Å². The summed E-state index contributed by atoms with van der Waals surface area (Å²) in [5, 5.41) is 11.9. The summed E-state index contributed by atoms with van der Waals surface area (Å²) >= 11 is 1.59. The fourth-order valence-corrected chi connectivity index (χ4v) is 3.60. The lowest BCUT2D eigenvalue weighted by atomic mass is 10.2. The lowest BCUT2D eigenvalue weighted by Crippen LogP contribution is -2.50. The highest BCUT2D eigenvalue weighted by molar-refractivity contribution is 7.98. The molecule has 120 valence electrons. The normalized spacial score (nSPS) is 24.2. The number of fused-ring (bicyclic) bond motifs is 1. The van der Waals surface area contributed by atoms with E-state index in [0.717, 1.165) is 38.2 Å². The molecule has 2 saturated heterocycles. The minimum Gasteiger partial charge on any atom is -0.480 e. The SMILES string of the molecule is CSCC[C@@H](NC(=O)N1CCCN2CCCC2C1)C(=O)O. The van der Waals surface area contributed by atoms with E-state index in [0.29, 0.717) is 19.0 Å². The first-order valence-electron chi connectivity index (χ1n) is 7.63. The molecule has 6 nitrogen and oxygen atoms in total. The molecule has 0 aliphatic carbocycles. The van der Waals surface area contributed by atoms with Crippen LogP contribution in [-0.4, -0.2) is 77.2 Å². The zero-order valence-electron chi connectivity index (χ0n) is 12.6. The van der Waals surface area contributed by atoms with Gasteiger partial charge >= 0.3 is 12.0 Å². The lowest BCUT2D eigenvalue weighted by molar-refractivity contribution is -0.139. The van der Waals surface area contributed by atoms with Crippen LogP contribution in [0.2, 0.25) is 0 Å². The Kier molecular flexibility index (Phi) is 6.17. The molecule has 21 heavy (non-hydrogen) atoms. The summed E-state index contributed by atoms with van der Waals surface area (Å²) in [6.07, 6.45) is 5.70. The lowest BCUT2D eigenvalue weighted by Gasteiger charge is -2.27. The molecule has 2 rings (SSSR count). The van der Waals surface area contributed by atoms with E-state index in [4.69, 9.17) is 0 Å². The quantitative estimate of drug-likeness (QED) is 0.794. The summed E-state index contributed by atoms with van der Waals surface area (Å²) in [6.45, 7) is 3.61. The number of thioether (sulfide) groups is 1. The molecular weight excluding hydrogens is 290 g/mol. The van der Waals surface area contributed by atoms with Crippen molar-refractivity contribution in [2.75, 3.05) is 38.2 Å². The predicted octanol–water partition coefficient (Wildman–Crippen LogP) is 1.07. The monoisotopic (exact) mass is 315 g/mol. The van der Waals surface area contributed by atoms with Gasteiger partial charge in [-0.15, -0.1) is 0 Å². The smallest absolute Gasteiger partial charge is 0.326 e. The molecule has 1 unspecified atom stereocenters. The molecule has 0 saturated carbocycles. The number of carbonyl (C=O) groups excluding carboxylic acids is 1. The van der Waals surface area contributed by atoms with Crippen molar-refractivity contribution < 1.29 is 14.7 Å². The van der Waals surface area contributed by atoms with Crippen molar-refractivity contribution in [2.45, 2.75) is 37.8 Å². The zero-order chi connectivity index (χ0) is 15.2. The molecule has 0 radical (unpaired) electrons. The second-order valence-corrected chi connectivity index (χ2v) is 6.74. The topological polar surface area (TPSA) is 72.9 Å². The molecule has 2 fully saturated rings. The fourth-order valence-electron chi connectivity index (χ4n) is 3.12. The van der Waals surface area contributed by atoms with Crippen LogP contribution in [0.4, 0.5) is 4.79 Å². The second kappa shape index (κ2) is 7.89.